The van der Waals surface area contributed by atoms with Gasteiger partial charge in [-0.2, -0.15) is 0 Å². The van der Waals surface area contributed by atoms with Gasteiger partial charge < -0.3 is 14.6 Å². The predicted octanol–water partition coefficient (Wildman–Crippen LogP) is 2.88. The molecule has 2 aliphatic rings. The van der Waals surface area contributed by atoms with Crippen molar-refractivity contribution in [3.05, 3.63) is 35.0 Å². The Morgan fingerprint density at radius 3 is 2.70 bits per heavy atom. The standard InChI is InChI=1S/C23H33ClN4O2/c1-26-16-19(21-15-20(24)3-4-22(21)26)17-28-9-5-18(6-10-28)23(29)25-7-2-8-27-11-13-30-14-12-27/h3-4,15-16,18H,2,5-14,17H2,1H3,(H,25,29). The van der Waals surface area contributed by atoms with Crippen molar-refractivity contribution in [2.24, 2.45) is 13.0 Å². The van der Waals surface area contributed by atoms with Gasteiger partial charge in [0, 0.05) is 61.3 Å². The molecule has 0 unspecified atom stereocenters. The number of piperidine rings is 1. The third-order valence-electron chi connectivity index (χ3n) is 6.44. The molecule has 2 fully saturated rings. The van der Waals surface area contributed by atoms with Crippen LogP contribution in [0.2, 0.25) is 5.02 Å². The highest BCUT2D eigenvalue weighted by atomic mass is 35.5. The lowest BCUT2D eigenvalue weighted by atomic mass is 9.95. The number of morpholine rings is 1. The molecule has 1 amide bonds. The van der Waals surface area contributed by atoms with Gasteiger partial charge in [0.15, 0.2) is 0 Å². The Kier molecular flexibility index (Phi) is 7.31. The summed E-state index contributed by atoms with van der Waals surface area (Å²) in [7, 11) is 2.08. The molecular weight excluding hydrogens is 400 g/mol. The Morgan fingerprint density at radius 2 is 1.93 bits per heavy atom. The van der Waals surface area contributed by atoms with Gasteiger partial charge in [-0.25, -0.2) is 0 Å². The molecule has 164 valence electrons. The molecule has 0 radical (unpaired) electrons. The molecule has 1 aromatic carbocycles. The van der Waals surface area contributed by atoms with E-state index in [0.717, 1.165) is 83.3 Å². The van der Waals surface area contributed by atoms with Crippen LogP contribution in [0.15, 0.2) is 24.4 Å². The van der Waals surface area contributed by atoms with E-state index in [1.807, 2.05) is 6.07 Å². The van der Waals surface area contributed by atoms with Crippen molar-refractivity contribution in [1.82, 2.24) is 19.7 Å². The van der Waals surface area contributed by atoms with Crippen molar-refractivity contribution in [2.75, 3.05) is 52.5 Å². The third-order valence-corrected chi connectivity index (χ3v) is 6.68. The van der Waals surface area contributed by atoms with Crippen molar-refractivity contribution in [3.63, 3.8) is 0 Å². The Bertz CT molecular complexity index is 854. The first-order chi connectivity index (χ1) is 14.6. The first-order valence-corrected chi connectivity index (χ1v) is 11.5. The topological polar surface area (TPSA) is 49.7 Å². The summed E-state index contributed by atoms with van der Waals surface area (Å²) < 4.78 is 7.54. The van der Waals surface area contributed by atoms with E-state index in [1.54, 1.807) is 0 Å². The van der Waals surface area contributed by atoms with Crippen LogP contribution in [-0.2, 0) is 23.1 Å². The Labute approximate surface area is 184 Å². The maximum Gasteiger partial charge on any atom is 0.223 e. The smallest absolute Gasteiger partial charge is 0.223 e. The van der Waals surface area contributed by atoms with Crippen LogP contribution in [0.4, 0.5) is 0 Å². The average molecular weight is 433 g/mol. The monoisotopic (exact) mass is 432 g/mol. The summed E-state index contributed by atoms with van der Waals surface area (Å²) in [6, 6.07) is 6.08. The van der Waals surface area contributed by atoms with Crippen molar-refractivity contribution < 1.29 is 9.53 Å². The van der Waals surface area contributed by atoms with E-state index in [2.05, 4.69) is 45.1 Å². The first-order valence-electron chi connectivity index (χ1n) is 11.1. The molecule has 0 saturated carbocycles. The maximum atomic E-state index is 12.5. The summed E-state index contributed by atoms with van der Waals surface area (Å²) in [4.78, 5) is 17.4. The van der Waals surface area contributed by atoms with Crippen LogP contribution in [0, 0.1) is 5.92 Å². The van der Waals surface area contributed by atoms with Crippen LogP contribution in [0.3, 0.4) is 0 Å². The number of amides is 1. The van der Waals surface area contributed by atoms with Crippen LogP contribution in [-0.4, -0.2) is 72.8 Å². The number of aryl methyl sites for hydroxylation is 1. The van der Waals surface area contributed by atoms with E-state index in [0.29, 0.717) is 0 Å². The van der Waals surface area contributed by atoms with E-state index in [-0.39, 0.29) is 11.8 Å². The molecule has 7 heteroatoms. The second-order valence-electron chi connectivity index (χ2n) is 8.58. The molecule has 1 N–H and O–H groups in total. The molecule has 1 aromatic heterocycles. The fourth-order valence-corrected chi connectivity index (χ4v) is 4.82. The maximum absolute atomic E-state index is 12.5. The second kappa shape index (κ2) is 10.1. The van der Waals surface area contributed by atoms with E-state index in [9.17, 15) is 4.79 Å². The van der Waals surface area contributed by atoms with E-state index in [4.69, 9.17) is 16.3 Å². The minimum Gasteiger partial charge on any atom is -0.379 e. The summed E-state index contributed by atoms with van der Waals surface area (Å²) in [6.07, 6.45) is 5.07. The molecule has 0 atom stereocenters. The molecule has 2 aliphatic heterocycles. The number of benzene rings is 1. The largest absolute Gasteiger partial charge is 0.379 e. The van der Waals surface area contributed by atoms with Crippen molar-refractivity contribution in [1.29, 1.82) is 0 Å². The van der Waals surface area contributed by atoms with Crippen LogP contribution < -0.4 is 5.32 Å². The zero-order valence-corrected chi connectivity index (χ0v) is 18.7. The zero-order valence-electron chi connectivity index (χ0n) is 17.9. The highest BCUT2D eigenvalue weighted by Gasteiger charge is 2.25. The number of fused-ring (bicyclic) bond motifs is 1. The number of carbonyl (C=O) groups excluding carboxylic acids is 1. The minimum absolute atomic E-state index is 0.145. The van der Waals surface area contributed by atoms with Crippen LogP contribution >= 0.6 is 11.6 Å². The van der Waals surface area contributed by atoms with Gasteiger partial charge >= 0.3 is 0 Å². The molecule has 0 aliphatic carbocycles. The van der Waals surface area contributed by atoms with E-state index >= 15 is 0 Å². The van der Waals surface area contributed by atoms with Gasteiger partial charge in [0.25, 0.3) is 0 Å². The summed E-state index contributed by atoms with van der Waals surface area (Å²) >= 11 is 6.22. The van der Waals surface area contributed by atoms with Crippen molar-refractivity contribution in [2.45, 2.75) is 25.8 Å². The van der Waals surface area contributed by atoms with Gasteiger partial charge in [-0.05, 0) is 62.7 Å². The average Bonchev–Trinajstić information content (AvgIpc) is 3.06. The third kappa shape index (κ3) is 5.35. The fourth-order valence-electron chi connectivity index (χ4n) is 4.65. The van der Waals surface area contributed by atoms with Gasteiger partial charge in [0.2, 0.25) is 5.91 Å². The number of halogens is 1. The molecule has 30 heavy (non-hydrogen) atoms. The number of carbonyl (C=O) groups is 1. The number of likely N-dealkylation sites (tertiary alicyclic amines) is 1. The van der Waals surface area contributed by atoms with Gasteiger partial charge in [-0.15, -0.1) is 0 Å². The molecule has 0 spiro atoms. The van der Waals surface area contributed by atoms with Crippen LogP contribution in [0.25, 0.3) is 10.9 Å². The van der Waals surface area contributed by atoms with Crippen LogP contribution in [0.1, 0.15) is 24.8 Å². The number of hydrogen-bond acceptors (Lipinski definition) is 4. The number of nitrogens with one attached hydrogen (secondary N) is 1. The number of aromatic nitrogens is 1. The lowest BCUT2D eigenvalue weighted by molar-refractivity contribution is -0.126. The lowest BCUT2D eigenvalue weighted by Gasteiger charge is -2.31. The number of nitrogens with zero attached hydrogens (tertiary/aromatic N) is 3. The van der Waals surface area contributed by atoms with Gasteiger partial charge in [0.05, 0.1) is 13.2 Å². The summed E-state index contributed by atoms with van der Waals surface area (Å²) in [5, 5.41) is 5.16. The van der Waals surface area contributed by atoms with Crippen molar-refractivity contribution >= 4 is 28.4 Å². The fraction of sp³-hybridized carbons (Fsp3) is 0.609. The summed E-state index contributed by atoms with van der Waals surface area (Å²) in [5.74, 6) is 0.375. The molecule has 4 rings (SSSR count). The molecule has 2 aromatic rings. The van der Waals surface area contributed by atoms with Crippen molar-refractivity contribution in [3.8, 4) is 0 Å². The molecule has 0 bridgehead atoms. The number of ether oxygens (including phenoxy) is 1. The number of rotatable bonds is 7. The molecular formula is C23H33ClN4O2. The Balaban J connectivity index is 1.20. The van der Waals surface area contributed by atoms with Crippen LogP contribution in [0.5, 0.6) is 0 Å². The summed E-state index contributed by atoms with van der Waals surface area (Å²) in [6.45, 7) is 8.32. The van der Waals surface area contributed by atoms with Gasteiger partial charge in [-0.1, -0.05) is 11.6 Å². The highest BCUT2D eigenvalue weighted by Crippen LogP contribution is 2.27. The Morgan fingerprint density at radius 1 is 1.17 bits per heavy atom. The molecule has 6 nitrogen and oxygen atoms in total. The summed E-state index contributed by atoms with van der Waals surface area (Å²) in [5.41, 5.74) is 2.52. The van der Waals surface area contributed by atoms with E-state index in [1.165, 1.54) is 16.5 Å². The first kappa shape index (κ1) is 21.6. The molecule has 3 heterocycles. The van der Waals surface area contributed by atoms with Gasteiger partial charge in [-0.3, -0.25) is 14.6 Å². The predicted molar refractivity (Wildman–Crippen MR) is 121 cm³/mol. The SMILES string of the molecule is Cn1cc(CN2CCC(C(=O)NCCCN3CCOCC3)CC2)c2cc(Cl)ccc21. The second-order valence-corrected chi connectivity index (χ2v) is 9.01. The normalized spacial score (nSPS) is 19.4. The van der Waals surface area contributed by atoms with E-state index < -0.39 is 0 Å². The Hall–Kier alpha value is -1.60. The molecule has 2 saturated heterocycles. The minimum atomic E-state index is 0.145. The zero-order chi connectivity index (χ0) is 20.9. The highest BCUT2D eigenvalue weighted by molar-refractivity contribution is 6.31. The lowest BCUT2D eigenvalue weighted by Crippen LogP contribution is -2.41. The number of hydrogen-bond donors (Lipinski definition) is 1. The van der Waals surface area contributed by atoms with Gasteiger partial charge in [0.1, 0.15) is 0 Å². The quantitative estimate of drug-likeness (QED) is 0.683.